The second kappa shape index (κ2) is 8.16. The number of nitrogens with one attached hydrogen (secondary N) is 1. The van der Waals surface area contributed by atoms with E-state index in [0.717, 1.165) is 22.4 Å². The van der Waals surface area contributed by atoms with Crippen LogP contribution in [0.2, 0.25) is 0 Å². The van der Waals surface area contributed by atoms with Crippen molar-refractivity contribution in [3.8, 4) is 0 Å². The highest BCUT2D eigenvalue weighted by molar-refractivity contribution is 7.90. The van der Waals surface area contributed by atoms with Gasteiger partial charge in [0.2, 0.25) is 10.0 Å². The number of benzene rings is 2. The van der Waals surface area contributed by atoms with Crippen LogP contribution in [0.1, 0.15) is 50.4 Å². The van der Waals surface area contributed by atoms with E-state index in [9.17, 15) is 13.2 Å². The molecule has 7 heteroatoms. The first-order valence-electron chi connectivity index (χ1n) is 9.71. The van der Waals surface area contributed by atoms with Crippen LogP contribution in [0.15, 0.2) is 48.5 Å². The summed E-state index contributed by atoms with van der Waals surface area (Å²) in [6, 6.07) is 14.9. The van der Waals surface area contributed by atoms with Gasteiger partial charge in [0.1, 0.15) is 6.61 Å². The second-order valence-corrected chi connectivity index (χ2v) is 10.8. The summed E-state index contributed by atoms with van der Waals surface area (Å²) in [5.41, 5.74) is 3.64. The third-order valence-electron chi connectivity index (χ3n) is 5.06. The largest absolute Gasteiger partial charge is 0.444 e. The molecule has 2 aromatic carbocycles. The molecule has 0 saturated carbocycles. The molecule has 2 aromatic rings. The number of nitrogens with zero attached hydrogens (tertiary/aromatic N) is 1. The lowest BCUT2D eigenvalue weighted by Gasteiger charge is -2.24. The van der Waals surface area contributed by atoms with E-state index in [0.29, 0.717) is 13.0 Å². The van der Waals surface area contributed by atoms with Crippen molar-refractivity contribution in [3.63, 3.8) is 0 Å². The molecule has 0 aliphatic carbocycles. The zero-order valence-corrected chi connectivity index (χ0v) is 18.1. The van der Waals surface area contributed by atoms with Gasteiger partial charge in [-0.3, -0.25) is 4.90 Å². The molecule has 0 fully saturated rings. The molecule has 1 amide bonds. The van der Waals surface area contributed by atoms with Crippen LogP contribution >= 0.6 is 0 Å². The fourth-order valence-corrected chi connectivity index (χ4v) is 4.11. The number of sulfonamides is 1. The van der Waals surface area contributed by atoms with Gasteiger partial charge in [-0.25, -0.2) is 17.9 Å². The zero-order valence-electron chi connectivity index (χ0n) is 17.3. The molecule has 0 aromatic heterocycles. The standard InChI is InChI=1S/C22H28N2O4S/c1-16(23-29(26,27)22(2,3)4)18-10-11-20-19(14-18)12-13-24(20)21(25)28-15-17-8-6-5-7-9-17/h5-11,14,16,23H,12-13,15H2,1-4H3/t16-/m0/s1. The highest BCUT2D eigenvalue weighted by atomic mass is 32.2. The average molecular weight is 417 g/mol. The van der Waals surface area contributed by atoms with Crippen molar-refractivity contribution >= 4 is 21.8 Å². The van der Waals surface area contributed by atoms with Gasteiger partial charge in [-0.05, 0) is 56.9 Å². The lowest BCUT2D eigenvalue weighted by atomic mass is 10.0. The minimum atomic E-state index is -3.45. The first kappa shape index (κ1) is 21.3. The van der Waals surface area contributed by atoms with Crippen LogP contribution in [0.25, 0.3) is 0 Å². The molecule has 0 radical (unpaired) electrons. The molecule has 1 heterocycles. The zero-order chi connectivity index (χ0) is 21.2. The quantitative estimate of drug-likeness (QED) is 0.794. The Labute approximate surface area is 172 Å². The Morgan fingerprint density at radius 3 is 2.52 bits per heavy atom. The van der Waals surface area contributed by atoms with Crippen molar-refractivity contribution in [2.75, 3.05) is 11.4 Å². The summed E-state index contributed by atoms with van der Waals surface area (Å²) in [6.45, 7) is 7.62. The highest BCUT2D eigenvalue weighted by Crippen LogP contribution is 2.31. The van der Waals surface area contributed by atoms with Crippen LogP contribution in [-0.4, -0.2) is 25.8 Å². The fourth-order valence-electron chi connectivity index (χ4n) is 3.16. The molecule has 156 valence electrons. The van der Waals surface area contributed by atoms with E-state index in [1.807, 2.05) is 55.5 Å². The minimum Gasteiger partial charge on any atom is -0.444 e. The maximum absolute atomic E-state index is 12.5. The number of ether oxygens (including phenoxy) is 1. The number of rotatable bonds is 5. The Kier molecular flexibility index (Phi) is 6.00. The van der Waals surface area contributed by atoms with Crippen molar-refractivity contribution in [2.45, 2.75) is 51.5 Å². The van der Waals surface area contributed by atoms with E-state index >= 15 is 0 Å². The maximum Gasteiger partial charge on any atom is 0.414 e. The molecular weight excluding hydrogens is 388 g/mol. The third kappa shape index (κ3) is 4.79. The topological polar surface area (TPSA) is 75.7 Å². The number of fused-ring (bicyclic) bond motifs is 1. The van der Waals surface area contributed by atoms with Crippen LogP contribution in [0.4, 0.5) is 10.5 Å². The van der Waals surface area contributed by atoms with Crippen LogP contribution in [0.5, 0.6) is 0 Å². The summed E-state index contributed by atoms with van der Waals surface area (Å²) < 4.78 is 32.1. The van der Waals surface area contributed by atoms with Gasteiger partial charge in [0.15, 0.2) is 0 Å². The predicted octanol–water partition coefficient (Wildman–Crippen LogP) is 4.16. The molecule has 29 heavy (non-hydrogen) atoms. The molecule has 1 atom stereocenters. The molecule has 1 aliphatic rings. The summed E-state index contributed by atoms with van der Waals surface area (Å²) in [5.74, 6) is 0. The molecule has 3 rings (SSSR count). The first-order chi connectivity index (χ1) is 13.6. The summed E-state index contributed by atoms with van der Waals surface area (Å²) in [5, 5.41) is 0. The van der Waals surface area contributed by atoms with Gasteiger partial charge in [0.25, 0.3) is 0 Å². The molecule has 0 unspecified atom stereocenters. The Morgan fingerprint density at radius 1 is 1.17 bits per heavy atom. The van der Waals surface area contributed by atoms with E-state index in [2.05, 4.69) is 4.72 Å². The SMILES string of the molecule is C[C@H](NS(=O)(=O)C(C)(C)C)c1ccc2c(c1)CCN2C(=O)OCc1ccccc1. The summed E-state index contributed by atoms with van der Waals surface area (Å²) in [7, 11) is -3.45. The van der Waals surface area contributed by atoms with Crippen LogP contribution in [0, 0.1) is 0 Å². The number of carbonyl (C=O) groups excluding carboxylic acids is 1. The molecule has 0 saturated heterocycles. The number of carbonyl (C=O) groups is 1. The lowest BCUT2D eigenvalue weighted by Crippen LogP contribution is -2.40. The molecule has 0 spiro atoms. The van der Waals surface area contributed by atoms with E-state index in [1.54, 1.807) is 25.7 Å². The van der Waals surface area contributed by atoms with Crippen LogP contribution in [-0.2, 0) is 27.8 Å². The second-order valence-electron chi connectivity index (χ2n) is 8.29. The minimum absolute atomic E-state index is 0.231. The number of anilines is 1. The van der Waals surface area contributed by atoms with E-state index < -0.39 is 14.8 Å². The normalized spacial score (nSPS) is 15.1. The maximum atomic E-state index is 12.5. The Morgan fingerprint density at radius 2 is 1.86 bits per heavy atom. The van der Waals surface area contributed by atoms with Gasteiger partial charge in [-0.1, -0.05) is 42.5 Å². The van der Waals surface area contributed by atoms with Crippen molar-refractivity contribution in [1.29, 1.82) is 0 Å². The Hall–Kier alpha value is -2.38. The third-order valence-corrected chi connectivity index (χ3v) is 7.34. The van der Waals surface area contributed by atoms with E-state index in [4.69, 9.17) is 4.74 Å². The smallest absolute Gasteiger partial charge is 0.414 e. The number of hydrogen-bond acceptors (Lipinski definition) is 4. The van der Waals surface area contributed by atoms with Gasteiger partial charge in [-0.2, -0.15) is 0 Å². The van der Waals surface area contributed by atoms with E-state index in [-0.39, 0.29) is 18.7 Å². The van der Waals surface area contributed by atoms with Gasteiger partial charge in [-0.15, -0.1) is 0 Å². The van der Waals surface area contributed by atoms with Crippen LogP contribution in [0.3, 0.4) is 0 Å². The fraction of sp³-hybridized carbons (Fsp3) is 0.409. The molecular formula is C22H28N2O4S. The Bertz CT molecular complexity index is 982. The highest BCUT2D eigenvalue weighted by Gasteiger charge is 2.31. The van der Waals surface area contributed by atoms with Crippen molar-refractivity contribution < 1.29 is 17.9 Å². The van der Waals surface area contributed by atoms with Crippen molar-refractivity contribution in [2.24, 2.45) is 0 Å². The first-order valence-corrected chi connectivity index (χ1v) is 11.2. The monoisotopic (exact) mass is 416 g/mol. The van der Waals surface area contributed by atoms with Crippen molar-refractivity contribution in [3.05, 3.63) is 65.2 Å². The van der Waals surface area contributed by atoms with Gasteiger partial charge in [0, 0.05) is 12.6 Å². The van der Waals surface area contributed by atoms with Crippen molar-refractivity contribution in [1.82, 2.24) is 4.72 Å². The average Bonchev–Trinajstić information content (AvgIpc) is 3.09. The predicted molar refractivity (Wildman–Crippen MR) is 114 cm³/mol. The number of amides is 1. The van der Waals surface area contributed by atoms with E-state index in [1.165, 1.54) is 0 Å². The lowest BCUT2D eigenvalue weighted by molar-refractivity contribution is 0.147. The van der Waals surface area contributed by atoms with Gasteiger partial charge < -0.3 is 4.74 Å². The van der Waals surface area contributed by atoms with Crippen LogP contribution < -0.4 is 9.62 Å². The summed E-state index contributed by atoms with van der Waals surface area (Å²) in [4.78, 5) is 14.1. The number of hydrogen-bond donors (Lipinski definition) is 1. The molecule has 0 bridgehead atoms. The van der Waals surface area contributed by atoms with Gasteiger partial charge in [0.05, 0.1) is 10.4 Å². The molecule has 1 N–H and O–H groups in total. The Balaban J connectivity index is 1.69. The molecule has 6 nitrogen and oxygen atoms in total. The summed E-state index contributed by atoms with van der Waals surface area (Å²) in [6.07, 6.45) is 0.337. The summed E-state index contributed by atoms with van der Waals surface area (Å²) >= 11 is 0. The van der Waals surface area contributed by atoms with Gasteiger partial charge >= 0.3 is 6.09 Å². The molecule has 1 aliphatic heterocycles.